The smallest absolute Gasteiger partial charge is 0.329 e. The fourth-order valence-corrected chi connectivity index (χ4v) is 3.72. The fraction of sp³-hybridized carbons (Fsp3) is 0.0800. The molecule has 0 bridgehead atoms. The van der Waals surface area contributed by atoms with Gasteiger partial charge < -0.3 is 9.47 Å². The number of hydrazone groups is 1. The maximum atomic E-state index is 12.2. The lowest BCUT2D eigenvalue weighted by atomic mass is 10.2. The molecule has 4 aromatic rings. The van der Waals surface area contributed by atoms with Crippen molar-refractivity contribution < 1.29 is 19.1 Å². The van der Waals surface area contributed by atoms with Crippen molar-refractivity contribution in [2.24, 2.45) is 5.10 Å². The number of benzene rings is 3. The van der Waals surface area contributed by atoms with Gasteiger partial charge in [0.1, 0.15) is 23.1 Å². The van der Waals surface area contributed by atoms with Crippen LogP contribution in [0.3, 0.4) is 0 Å². The van der Waals surface area contributed by atoms with Crippen molar-refractivity contribution >= 4 is 34.5 Å². The van der Waals surface area contributed by atoms with Gasteiger partial charge in [-0.1, -0.05) is 65.9 Å². The lowest BCUT2D eigenvalue weighted by molar-refractivity contribution is -0.136. The normalized spacial score (nSPS) is 10.7. The Kier molecular flexibility index (Phi) is 7.77. The Hall–Kier alpha value is -4.57. The number of nitrogens with zero attached hydrogens (tertiary/aromatic N) is 3. The van der Waals surface area contributed by atoms with Gasteiger partial charge >= 0.3 is 11.8 Å². The molecule has 0 aliphatic rings. The molecule has 3 aromatic carbocycles. The summed E-state index contributed by atoms with van der Waals surface area (Å²) in [6, 6.07) is 24.2. The van der Waals surface area contributed by atoms with Crippen LogP contribution in [0, 0.1) is 0 Å². The molecule has 0 unspecified atom stereocenters. The first kappa shape index (κ1) is 23.6. The summed E-state index contributed by atoms with van der Waals surface area (Å²) in [6.45, 7) is 0.323. The van der Waals surface area contributed by atoms with E-state index in [0.717, 1.165) is 28.2 Å². The highest BCUT2D eigenvalue weighted by atomic mass is 32.1. The summed E-state index contributed by atoms with van der Waals surface area (Å²) in [6.07, 6.45) is 1.41. The molecule has 35 heavy (non-hydrogen) atoms. The number of hydrogen-bond acceptors (Lipinski definition) is 8. The van der Waals surface area contributed by atoms with Gasteiger partial charge in [-0.3, -0.25) is 14.9 Å². The van der Waals surface area contributed by atoms with Crippen molar-refractivity contribution in [1.82, 2.24) is 15.6 Å². The number of para-hydroxylation sites is 1. The van der Waals surface area contributed by atoms with E-state index in [1.807, 2.05) is 66.7 Å². The predicted molar refractivity (Wildman–Crippen MR) is 133 cm³/mol. The van der Waals surface area contributed by atoms with Crippen LogP contribution in [0.2, 0.25) is 0 Å². The number of carbonyl (C=O) groups excluding carboxylic acids is 2. The SMILES string of the molecule is COc1cccc(COc2ccccc2/C=N/NC(=O)C(=O)Nc2nnc(-c3ccccc3)s2)c1. The third kappa shape index (κ3) is 6.49. The molecule has 0 fully saturated rings. The highest BCUT2D eigenvalue weighted by Crippen LogP contribution is 2.25. The maximum absolute atomic E-state index is 12.2. The second-order valence-corrected chi connectivity index (χ2v) is 8.09. The summed E-state index contributed by atoms with van der Waals surface area (Å²) < 4.78 is 11.1. The molecular formula is C25H21N5O4S. The second kappa shape index (κ2) is 11.5. The van der Waals surface area contributed by atoms with E-state index in [0.29, 0.717) is 22.9 Å². The number of ether oxygens (including phenoxy) is 2. The molecule has 1 aromatic heterocycles. The number of methoxy groups -OCH3 is 1. The van der Waals surface area contributed by atoms with Gasteiger partial charge in [-0.2, -0.15) is 5.10 Å². The van der Waals surface area contributed by atoms with Crippen molar-refractivity contribution in [1.29, 1.82) is 0 Å². The average molecular weight is 488 g/mol. The molecule has 1 heterocycles. The van der Waals surface area contributed by atoms with Crippen LogP contribution in [0.1, 0.15) is 11.1 Å². The zero-order valence-corrected chi connectivity index (χ0v) is 19.5. The minimum atomic E-state index is -0.938. The molecular weight excluding hydrogens is 466 g/mol. The molecule has 0 saturated heterocycles. The van der Waals surface area contributed by atoms with Crippen LogP contribution in [0.15, 0.2) is 84.0 Å². The Morgan fingerprint density at radius 2 is 1.77 bits per heavy atom. The van der Waals surface area contributed by atoms with Crippen LogP contribution in [0.4, 0.5) is 5.13 Å². The molecule has 9 nitrogen and oxygen atoms in total. The van der Waals surface area contributed by atoms with E-state index >= 15 is 0 Å². The van der Waals surface area contributed by atoms with Gasteiger partial charge in [0, 0.05) is 11.1 Å². The summed E-state index contributed by atoms with van der Waals surface area (Å²) >= 11 is 1.16. The first-order chi connectivity index (χ1) is 17.1. The highest BCUT2D eigenvalue weighted by molar-refractivity contribution is 7.18. The van der Waals surface area contributed by atoms with Gasteiger partial charge in [-0.15, -0.1) is 10.2 Å². The Morgan fingerprint density at radius 1 is 0.971 bits per heavy atom. The van der Waals surface area contributed by atoms with Gasteiger partial charge in [-0.05, 0) is 29.8 Å². The molecule has 0 aliphatic carbocycles. The van der Waals surface area contributed by atoms with Crippen LogP contribution in [0.25, 0.3) is 10.6 Å². The number of nitrogens with one attached hydrogen (secondary N) is 2. The van der Waals surface area contributed by atoms with Gasteiger partial charge in [0.25, 0.3) is 0 Å². The molecule has 0 atom stereocenters. The minimum Gasteiger partial charge on any atom is -0.497 e. The summed E-state index contributed by atoms with van der Waals surface area (Å²) in [4.78, 5) is 24.3. The largest absolute Gasteiger partial charge is 0.497 e. The number of hydrogen-bond donors (Lipinski definition) is 2. The molecule has 176 valence electrons. The standard InChI is InChI=1S/C25H21N5O4S/c1-33-20-12-7-8-17(14-20)16-34-21-13-6-5-11-19(21)15-26-28-23(32)22(31)27-25-30-29-24(35-25)18-9-3-2-4-10-18/h2-15H,16H2,1H3,(H,28,32)(H,27,30,31)/b26-15+. The maximum Gasteiger partial charge on any atom is 0.329 e. The second-order valence-electron chi connectivity index (χ2n) is 7.11. The zero-order chi connectivity index (χ0) is 24.5. The quantitative estimate of drug-likeness (QED) is 0.221. The number of rotatable bonds is 8. The van der Waals surface area contributed by atoms with Crippen LogP contribution < -0.4 is 20.2 Å². The molecule has 0 saturated carbocycles. The molecule has 0 spiro atoms. The number of aromatic nitrogens is 2. The Bertz CT molecular complexity index is 1340. The fourth-order valence-electron chi connectivity index (χ4n) is 2.98. The van der Waals surface area contributed by atoms with E-state index < -0.39 is 11.8 Å². The van der Waals surface area contributed by atoms with Crippen molar-refractivity contribution in [3.05, 3.63) is 90.0 Å². The summed E-state index contributed by atoms with van der Waals surface area (Å²) in [5.41, 5.74) is 4.65. The first-order valence-electron chi connectivity index (χ1n) is 10.5. The summed E-state index contributed by atoms with van der Waals surface area (Å²) in [7, 11) is 1.61. The van der Waals surface area contributed by atoms with E-state index in [9.17, 15) is 9.59 Å². The van der Waals surface area contributed by atoms with Crippen LogP contribution >= 0.6 is 11.3 Å². The Labute approximate surface area is 205 Å². The van der Waals surface area contributed by atoms with E-state index in [2.05, 4.69) is 26.0 Å². The van der Waals surface area contributed by atoms with Gasteiger partial charge in [0.05, 0.1) is 13.3 Å². The summed E-state index contributed by atoms with van der Waals surface area (Å²) in [5.74, 6) is -0.528. The number of amides is 2. The highest BCUT2D eigenvalue weighted by Gasteiger charge is 2.16. The van der Waals surface area contributed by atoms with E-state index in [1.54, 1.807) is 19.2 Å². The van der Waals surface area contributed by atoms with Crippen LogP contribution in [-0.4, -0.2) is 35.3 Å². The van der Waals surface area contributed by atoms with Crippen LogP contribution in [0.5, 0.6) is 11.5 Å². The molecule has 10 heteroatoms. The number of carbonyl (C=O) groups is 2. The average Bonchev–Trinajstić information content (AvgIpc) is 3.37. The van der Waals surface area contributed by atoms with Crippen molar-refractivity contribution in [2.45, 2.75) is 6.61 Å². The van der Waals surface area contributed by atoms with Crippen molar-refractivity contribution in [2.75, 3.05) is 12.4 Å². The lowest BCUT2D eigenvalue weighted by Crippen LogP contribution is -2.32. The van der Waals surface area contributed by atoms with Gasteiger partial charge in [0.15, 0.2) is 0 Å². The predicted octanol–water partition coefficient (Wildman–Crippen LogP) is 3.88. The Morgan fingerprint density at radius 3 is 2.60 bits per heavy atom. The molecule has 0 radical (unpaired) electrons. The monoisotopic (exact) mass is 487 g/mol. The third-order valence-electron chi connectivity index (χ3n) is 4.69. The minimum absolute atomic E-state index is 0.212. The molecule has 4 rings (SSSR count). The number of anilines is 1. The van der Waals surface area contributed by atoms with Crippen molar-refractivity contribution in [3.63, 3.8) is 0 Å². The lowest BCUT2D eigenvalue weighted by Gasteiger charge is -2.10. The topological polar surface area (TPSA) is 115 Å². The molecule has 2 N–H and O–H groups in total. The first-order valence-corrected chi connectivity index (χ1v) is 11.3. The van der Waals surface area contributed by atoms with Gasteiger partial charge in [0.2, 0.25) is 5.13 Å². The molecule has 0 aliphatic heterocycles. The van der Waals surface area contributed by atoms with E-state index in [-0.39, 0.29) is 5.13 Å². The Balaban J connectivity index is 1.32. The zero-order valence-electron chi connectivity index (χ0n) is 18.7. The van der Waals surface area contributed by atoms with E-state index in [4.69, 9.17) is 9.47 Å². The molecule has 2 amide bonds. The van der Waals surface area contributed by atoms with Crippen LogP contribution in [-0.2, 0) is 16.2 Å². The van der Waals surface area contributed by atoms with E-state index in [1.165, 1.54) is 6.21 Å². The van der Waals surface area contributed by atoms with Gasteiger partial charge in [-0.25, -0.2) is 5.43 Å². The summed E-state index contributed by atoms with van der Waals surface area (Å²) in [5, 5.41) is 15.1. The third-order valence-corrected chi connectivity index (χ3v) is 5.58. The van der Waals surface area contributed by atoms with Crippen molar-refractivity contribution in [3.8, 4) is 22.1 Å².